The number of benzene rings is 1. The Bertz CT molecular complexity index is 394. The molecule has 5 heteroatoms. The summed E-state index contributed by atoms with van der Waals surface area (Å²) < 4.78 is 18.1. The van der Waals surface area contributed by atoms with Gasteiger partial charge in [0.05, 0.1) is 13.2 Å². The molecule has 0 radical (unpaired) electrons. The highest BCUT2D eigenvalue weighted by Gasteiger charge is 2.08. The van der Waals surface area contributed by atoms with E-state index in [0.29, 0.717) is 18.7 Å². The molecule has 1 atom stereocenters. The van der Waals surface area contributed by atoms with E-state index in [4.69, 9.17) is 10.5 Å². The maximum absolute atomic E-state index is 13.0. The molecule has 0 aliphatic carbocycles. The molecule has 1 aromatic rings. The van der Waals surface area contributed by atoms with Crippen LogP contribution in [-0.2, 0) is 11.2 Å². The normalized spacial score (nSPS) is 12.0. The number of amides is 1. The van der Waals surface area contributed by atoms with E-state index in [1.165, 1.54) is 19.2 Å². The van der Waals surface area contributed by atoms with E-state index in [1.807, 2.05) is 0 Å². The van der Waals surface area contributed by atoms with Crippen molar-refractivity contribution in [3.05, 3.63) is 29.6 Å². The monoisotopic (exact) mass is 240 g/mol. The minimum Gasteiger partial charge on any atom is -0.496 e. The molecule has 1 unspecified atom stereocenters. The van der Waals surface area contributed by atoms with Crippen LogP contribution in [0.15, 0.2) is 18.2 Å². The largest absolute Gasteiger partial charge is 0.496 e. The van der Waals surface area contributed by atoms with Crippen molar-refractivity contribution in [3.8, 4) is 5.75 Å². The Hall–Kier alpha value is -1.62. The van der Waals surface area contributed by atoms with Gasteiger partial charge in [-0.05, 0) is 37.1 Å². The van der Waals surface area contributed by atoms with E-state index in [1.54, 1.807) is 13.0 Å². The first kappa shape index (κ1) is 13.4. The van der Waals surface area contributed by atoms with E-state index < -0.39 is 6.04 Å². The first-order chi connectivity index (χ1) is 8.04. The van der Waals surface area contributed by atoms with Gasteiger partial charge in [0.25, 0.3) is 0 Å². The minimum absolute atomic E-state index is 0.222. The number of hydrogen-bond donors (Lipinski definition) is 2. The average molecular weight is 240 g/mol. The average Bonchev–Trinajstić information content (AvgIpc) is 2.29. The number of methoxy groups -OCH3 is 1. The molecular weight excluding hydrogens is 223 g/mol. The summed E-state index contributed by atoms with van der Waals surface area (Å²) in [5, 5.41) is 2.66. The van der Waals surface area contributed by atoms with Gasteiger partial charge in [-0.3, -0.25) is 4.79 Å². The number of nitrogens with two attached hydrogens (primary N) is 1. The van der Waals surface area contributed by atoms with Gasteiger partial charge in [-0.1, -0.05) is 0 Å². The molecule has 17 heavy (non-hydrogen) atoms. The number of hydrogen-bond acceptors (Lipinski definition) is 3. The fourth-order valence-corrected chi connectivity index (χ4v) is 1.42. The molecule has 0 heterocycles. The molecule has 0 aliphatic heterocycles. The van der Waals surface area contributed by atoms with Crippen LogP contribution >= 0.6 is 0 Å². The fourth-order valence-electron chi connectivity index (χ4n) is 1.42. The van der Waals surface area contributed by atoms with Gasteiger partial charge in [0.2, 0.25) is 5.91 Å². The highest BCUT2D eigenvalue weighted by atomic mass is 19.1. The van der Waals surface area contributed by atoms with Crippen molar-refractivity contribution in [2.75, 3.05) is 13.7 Å². The second-order valence-electron chi connectivity index (χ2n) is 3.79. The second kappa shape index (κ2) is 6.20. The molecule has 0 fully saturated rings. The van der Waals surface area contributed by atoms with E-state index in [2.05, 4.69) is 5.32 Å². The van der Waals surface area contributed by atoms with Gasteiger partial charge in [-0.2, -0.15) is 0 Å². The van der Waals surface area contributed by atoms with Gasteiger partial charge < -0.3 is 15.8 Å². The molecule has 0 aromatic heterocycles. The number of carbonyl (C=O) groups excluding carboxylic acids is 1. The summed E-state index contributed by atoms with van der Waals surface area (Å²) in [5.41, 5.74) is 6.12. The van der Waals surface area contributed by atoms with E-state index >= 15 is 0 Å². The first-order valence-corrected chi connectivity index (χ1v) is 5.40. The lowest BCUT2D eigenvalue weighted by molar-refractivity contribution is -0.121. The third-order valence-corrected chi connectivity index (χ3v) is 2.35. The second-order valence-corrected chi connectivity index (χ2v) is 3.79. The van der Waals surface area contributed by atoms with Crippen molar-refractivity contribution >= 4 is 5.91 Å². The summed E-state index contributed by atoms with van der Waals surface area (Å²) in [6.07, 6.45) is 0.499. The Kier molecular flexibility index (Phi) is 4.90. The van der Waals surface area contributed by atoms with Crippen LogP contribution in [-0.4, -0.2) is 25.6 Å². The van der Waals surface area contributed by atoms with Crippen LogP contribution in [0.5, 0.6) is 5.75 Å². The molecule has 94 valence electrons. The van der Waals surface area contributed by atoms with Crippen molar-refractivity contribution in [2.45, 2.75) is 19.4 Å². The van der Waals surface area contributed by atoms with Gasteiger partial charge in [0, 0.05) is 6.54 Å². The molecule has 0 saturated heterocycles. The predicted molar refractivity (Wildman–Crippen MR) is 63.3 cm³/mol. The minimum atomic E-state index is -0.538. The molecular formula is C12H17FN2O2. The number of rotatable bonds is 5. The standard InChI is InChI=1S/C12H17FN2O2/c1-8(14)12(16)15-6-5-9-7-10(13)3-4-11(9)17-2/h3-4,7-8H,5-6,14H2,1-2H3,(H,15,16). The molecule has 3 N–H and O–H groups in total. The van der Waals surface area contributed by atoms with E-state index in [9.17, 15) is 9.18 Å². The molecule has 1 aromatic carbocycles. The molecule has 0 aliphatic rings. The fraction of sp³-hybridized carbons (Fsp3) is 0.417. The smallest absolute Gasteiger partial charge is 0.236 e. The summed E-state index contributed by atoms with van der Waals surface area (Å²) in [6, 6.07) is 3.77. The number of carbonyl (C=O) groups is 1. The van der Waals surface area contributed by atoms with Crippen LogP contribution in [0.25, 0.3) is 0 Å². The number of ether oxygens (including phenoxy) is 1. The summed E-state index contributed by atoms with van der Waals surface area (Å²) in [5.74, 6) is 0.0705. The predicted octanol–water partition coefficient (Wildman–Crippen LogP) is 0.840. The zero-order valence-corrected chi connectivity index (χ0v) is 10.00. The summed E-state index contributed by atoms with van der Waals surface area (Å²) in [7, 11) is 1.53. The van der Waals surface area contributed by atoms with Crippen LogP contribution < -0.4 is 15.8 Å². The van der Waals surface area contributed by atoms with Crippen molar-refractivity contribution in [1.29, 1.82) is 0 Å². The number of halogens is 1. The van der Waals surface area contributed by atoms with Gasteiger partial charge >= 0.3 is 0 Å². The lowest BCUT2D eigenvalue weighted by Gasteiger charge is -2.10. The van der Waals surface area contributed by atoms with E-state index in [-0.39, 0.29) is 11.7 Å². The highest BCUT2D eigenvalue weighted by molar-refractivity contribution is 5.80. The van der Waals surface area contributed by atoms with Crippen LogP contribution in [0.3, 0.4) is 0 Å². The van der Waals surface area contributed by atoms with Crippen molar-refractivity contribution in [1.82, 2.24) is 5.32 Å². The van der Waals surface area contributed by atoms with Crippen molar-refractivity contribution in [3.63, 3.8) is 0 Å². The topological polar surface area (TPSA) is 64.3 Å². The van der Waals surface area contributed by atoms with Crippen LogP contribution in [0, 0.1) is 5.82 Å². The lowest BCUT2D eigenvalue weighted by Crippen LogP contribution is -2.39. The zero-order valence-electron chi connectivity index (χ0n) is 10.00. The highest BCUT2D eigenvalue weighted by Crippen LogP contribution is 2.19. The summed E-state index contributed by atoms with van der Waals surface area (Å²) in [4.78, 5) is 11.2. The van der Waals surface area contributed by atoms with Gasteiger partial charge in [0.1, 0.15) is 11.6 Å². The van der Waals surface area contributed by atoms with Crippen molar-refractivity contribution in [2.24, 2.45) is 5.73 Å². The Morgan fingerprint density at radius 2 is 2.29 bits per heavy atom. The van der Waals surface area contributed by atoms with Crippen LogP contribution in [0.4, 0.5) is 4.39 Å². The van der Waals surface area contributed by atoms with Crippen LogP contribution in [0.1, 0.15) is 12.5 Å². The van der Waals surface area contributed by atoms with Gasteiger partial charge in [-0.25, -0.2) is 4.39 Å². The zero-order chi connectivity index (χ0) is 12.8. The Balaban J connectivity index is 2.56. The lowest BCUT2D eigenvalue weighted by atomic mass is 10.1. The third-order valence-electron chi connectivity index (χ3n) is 2.35. The Labute approximate surface area is 100.0 Å². The molecule has 1 rings (SSSR count). The quantitative estimate of drug-likeness (QED) is 0.801. The van der Waals surface area contributed by atoms with Crippen LogP contribution in [0.2, 0.25) is 0 Å². The first-order valence-electron chi connectivity index (χ1n) is 5.40. The Morgan fingerprint density at radius 1 is 1.59 bits per heavy atom. The SMILES string of the molecule is COc1ccc(F)cc1CCNC(=O)C(C)N. The van der Waals surface area contributed by atoms with Gasteiger partial charge in [0.15, 0.2) is 0 Å². The molecule has 4 nitrogen and oxygen atoms in total. The molecule has 1 amide bonds. The summed E-state index contributed by atoms with van der Waals surface area (Å²) in [6.45, 7) is 2.01. The van der Waals surface area contributed by atoms with Gasteiger partial charge in [-0.15, -0.1) is 0 Å². The maximum Gasteiger partial charge on any atom is 0.236 e. The molecule has 0 bridgehead atoms. The molecule has 0 spiro atoms. The molecule has 0 saturated carbocycles. The third kappa shape index (κ3) is 4.03. The number of nitrogens with one attached hydrogen (secondary N) is 1. The van der Waals surface area contributed by atoms with Crippen molar-refractivity contribution < 1.29 is 13.9 Å². The van der Waals surface area contributed by atoms with E-state index in [0.717, 1.165) is 5.56 Å². The summed E-state index contributed by atoms with van der Waals surface area (Å²) >= 11 is 0. The maximum atomic E-state index is 13.0. The Morgan fingerprint density at radius 3 is 2.88 bits per heavy atom.